The van der Waals surface area contributed by atoms with Gasteiger partial charge in [0.1, 0.15) is 5.82 Å². The summed E-state index contributed by atoms with van der Waals surface area (Å²) in [5, 5.41) is 16.1. The Kier molecular flexibility index (Phi) is 8.09. The number of carbonyl (C=O) groups excluding carboxylic acids is 2. The molecule has 0 atom stereocenters. The van der Waals surface area contributed by atoms with Gasteiger partial charge in [0.2, 0.25) is 11.8 Å². The topological polar surface area (TPSA) is 115 Å². The molecule has 0 spiro atoms. The molecule has 2 aromatic rings. The molecule has 1 fully saturated rings. The van der Waals surface area contributed by atoms with Crippen molar-refractivity contribution in [3.05, 3.63) is 29.8 Å². The Morgan fingerprint density at radius 1 is 1.06 bits per heavy atom. The summed E-state index contributed by atoms with van der Waals surface area (Å²) in [4.78, 5) is 45.1. The zero-order chi connectivity index (χ0) is 24.9. The molecule has 3 rings (SSSR count). The number of amides is 2. The monoisotopic (exact) mass is 469 g/mol. The summed E-state index contributed by atoms with van der Waals surface area (Å²) in [6, 6.07) is 6.76. The number of hydrogen-bond acceptors (Lipinski definition) is 6. The maximum Gasteiger partial charge on any atom is 0.336 e. The highest BCUT2D eigenvalue weighted by Gasteiger charge is 2.23. The van der Waals surface area contributed by atoms with Gasteiger partial charge in [-0.15, -0.1) is 0 Å². The van der Waals surface area contributed by atoms with Crippen molar-refractivity contribution < 1.29 is 19.5 Å². The number of nitrogens with zero attached hydrogens (tertiary/aromatic N) is 3. The average Bonchev–Trinajstić information content (AvgIpc) is 2.76. The quantitative estimate of drug-likeness (QED) is 0.544. The number of carboxylic acids is 1. The number of pyridine rings is 1. The Morgan fingerprint density at radius 3 is 2.38 bits per heavy atom. The van der Waals surface area contributed by atoms with Crippen molar-refractivity contribution >= 4 is 40.2 Å². The van der Waals surface area contributed by atoms with Crippen LogP contribution < -0.4 is 15.5 Å². The molecule has 0 radical (unpaired) electrons. The standard InChI is InChI=1S/C25H35N5O4/c1-5-6-7-22(31)26-17-8-9-20-18(14-17)19(24(33)34)15-21(27-20)30-12-10-29(11-13-30)16-23(32)28-25(2,3)4/h8-9,14-15H,5-7,10-13,16H2,1-4H3,(H,26,31)(H,28,32)(H,33,34). The van der Waals surface area contributed by atoms with Crippen LogP contribution in [0.1, 0.15) is 57.3 Å². The average molecular weight is 470 g/mol. The minimum atomic E-state index is -1.04. The first-order chi connectivity index (χ1) is 16.1. The SMILES string of the molecule is CCCCC(=O)Nc1ccc2nc(N3CCN(CC(=O)NC(C)(C)C)CC3)cc(C(=O)O)c2c1. The van der Waals surface area contributed by atoms with Crippen LogP contribution in [0.3, 0.4) is 0 Å². The molecule has 2 heterocycles. The minimum Gasteiger partial charge on any atom is -0.478 e. The number of aromatic carboxylic acids is 1. The van der Waals surface area contributed by atoms with Gasteiger partial charge in [-0.3, -0.25) is 14.5 Å². The molecule has 2 amide bonds. The molecule has 184 valence electrons. The molecule has 0 saturated carbocycles. The molecule has 1 aliphatic rings. The molecule has 3 N–H and O–H groups in total. The molecule has 34 heavy (non-hydrogen) atoms. The minimum absolute atomic E-state index is 0.00414. The number of hydrogen-bond donors (Lipinski definition) is 3. The highest BCUT2D eigenvalue weighted by atomic mass is 16.4. The molecule has 1 aliphatic heterocycles. The maximum atomic E-state index is 12.2. The van der Waals surface area contributed by atoms with Crippen LogP contribution in [0.5, 0.6) is 0 Å². The van der Waals surface area contributed by atoms with Crippen molar-refractivity contribution in [1.29, 1.82) is 0 Å². The van der Waals surface area contributed by atoms with E-state index in [2.05, 4.69) is 15.5 Å². The van der Waals surface area contributed by atoms with E-state index in [0.717, 1.165) is 12.8 Å². The van der Waals surface area contributed by atoms with E-state index < -0.39 is 5.97 Å². The second-order valence-electron chi connectivity index (χ2n) is 9.78. The Labute approximate surface area is 200 Å². The lowest BCUT2D eigenvalue weighted by Gasteiger charge is -2.35. The maximum absolute atomic E-state index is 12.2. The largest absolute Gasteiger partial charge is 0.478 e. The van der Waals surface area contributed by atoms with E-state index in [0.29, 0.717) is 61.6 Å². The third kappa shape index (κ3) is 6.90. The van der Waals surface area contributed by atoms with Gasteiger partial charge >= 0.3 is 5.97 Å². The van der Waals surface area contributed by atoms with E-state index in [-0.39, 0.29) is 22.9 Å². The highest BCUT2D eigenvalue weighted by molar-refractivity contribution is 6.05. The predicted molar refractivity (Wildman–Crippen MR) is 133 cm³/mol. The van der Waals surface area contributed by atoms with Crippen LogP contribution in [-0.4, -0.2) is 71.0 Å². The third-order valence-corrected chi connectivity index (χ3v) is 5.64. The van der Waals surface area contributed by atoms with E-state index >= 15 is 0 Å². The van der Waals surface area contributed by atoms with Gasteiger partial charge in [-0.25, -0.2) is 9.78 Å². The van der Waals surface area contributed by atoms with Gasteiger partial charge in [0.05, 0.1) is 17.6 Å². The van der Waals surface area contributed by atoms with Gasteiger partial charge in [0.25, 0.3) is 0 Å². The zero-order valence-corrected chi connectivity index (χ0v) is 20.5. The van der Waals surface area contributed by atoms with Crippen molar-refractivity contribution in [3.63, 3.8) is 0 Å². The Hall–Kier alpha value is -3.20. The second-order valence-corrected chi connectivity index (χ2v) is 9.78. The molecule has 9 nitrogen and oxygen atoms in total. The van der Waals surface area contributed by atoms with Gasteiger partial charge in [-0.05, 0) is 51.5 Å². The van der Waals surface area contributed by atoms with Crippen LogP contribution in [0.25, 0.3) is 10.9 Å². The fourth-order valence-electron chi connectivity index (χ4n) is 3.99. The summed E-state index contributed by atoms with van der Waals surface area (Å²) in [5.74, 6) is -0.531. The lowest BCUT2D eigenvalue weighted by Crippen LogP contribution is -2.52. The number of carboxylic acid groups (broad SMARTS) is 1. The summed E-state index contributed by atoms with van der Waals surface area (Å²) in [6.07, 6.45) is 2.17. The summed E-state index contributed by atoms with van der Waals surface area (Å²) in [5.41, 5.74) is 1.01. The lowest BCUT2D eigenvalue weighted by molar-refractivity contribution is -0.123. The number of unbranched alkanes of at least 4 members (excludes halogenated alkanes) is 1. The number of piperazine rings is 1. The fourth-order valence-corrected chi connectivity index (χ4v) is 3.99. The van der Waals surface area contributed by atoms with Crippen LogP contribution >= 0.6 is 0 Å². The van der Waals surface area contributed by atoms with Crippen LogP contribution in [0, 0.1) is 0 Å². The predicted octanol–water partition coefficient (Wildman–Crippen LogP) is 3.10. The van der Waals surface area contributed by atoms with Gasteiger partial charge in [-0.1, -0.05) is 13.3 Å². The number of fused-ring (bicyclic) bond motifs is 1. The first kappa shape index (κ1) is 25.4. The van der Waals surface area contributed by atoms with Crippen LogP contribution in [0.2, 0.25) is 0 Å². The molecule has 1 aromatic heterocycles. The van der Waals surface area contributed by atoms with Crippen molar-refractivity contribution in [2.45, 2.75) is 52.5 Å². The van der Waals surface area contributed by atoms with Crippen LogP contribution in [-0.2, 0) is 9.59 Å². The van der Waals surface area contributed by atoms with Crippen molar-refractivity contribution in [3.8, 4) is 0 Å². The van der Waals surface area contributed by atoms with Gasteiger partial charge in [0, 0.05) is 49.2 Å². The van der Waals surface area contributed by atoms with E-state index in [1.54, 1.807) is 24.3 Å². The lowest BCUT2D eigenvalue weighted by atomic mass is 10.1. The van der Waals surface area contributed by atoms with Crippen molar-refractivity contribution in [1.82, 2.24) is 15.2 Å². The molecule has 0 bridgehead atoms. The Bertz CT molecular complexity index is 1060. The van der Waals surface area contributed by atoms with Crippen LogP contribution in [0.15, 0.2) is 24.3 Å². The van der Waals surface area contributed by atoms with E-state index in [4.69, 9.17) is 4.98 Å². The highest BCUT2D eigenvalue weighted by Crippen LogP contribution is 2.27. The second kappa shape index (κ2) is 10.8. The first-order valence-electron chi connectivity index (χ1n) is 11.8. The van der Waals surface area contributed by atoms with E-state index in [9.17, 15) is 19.5 Å². The Balaban J connectivity index is 1.73. The Morgan fingerprint density at radius 2 is 1.76 bits per heavy atom. The molecule has 9 heteroatoms. The smallest absolute Gasteiger partial charge is 0.336 e. The molecule has 0 aliphatic carbocycles. The molecule has 1 aromatic carbocycles. The first-order valence-corrected chi connectivity index (χ1v) is 11.8. The van der Waals surface area contributed by atoms with E-state index in [1.807, 2.05) is 32.6 Å². The van der Waals surface area contributed by atoms with Gasteiger partial charge < -0.3 is 20.6 Å². The summed E-state index contributed by atoms with van der Waals surface area (Å²) in [7, 11) is 0. The zero-order valence-electron chi connectivity index (χ0n) is 20.5. The molecule has 1 saturated heterocycles. The number of nitrogens with one attached hydrogen (secondary N) is 2. The van der Waals surface area contributed by atoms with Gasteiger partial charge in [-0.2, -0.15) is 0 Å². The number of benzene rings is 1. The number of aromatic nitrogens is 1. The molecule has 0 unspecified atom stereocenters. The van der Waals surface area contributed by atoms with Crippen molar-refractivity contribution in [2.75, 3.05) is 42.9 Å². The number of rotatable bonds is 8. The number of anilines is 2. The molecular weight excluding hydrogens is 434 g/mol. The van der Waals surface area contributed by atoms with Crippen LogP contribution in [0.4, 0.5) is 11.5 Å². The number of carbonyl (C=O) groups is 3. The van der Waals surface area contributed by atoms with Gasteiger partial charge in [0.15, 0.2) is 0 Å². The normalized spacial score (nSPS) is 14.8. The van der Waals surface area contributed by atoms with Crippen molar-refractivity contribution in [2.24, 2.45) is 0 Å². The van der Waals surface area contributed by atoms with E-state index in [1.165, 1.54) is 0 Å². The molecular formula is C25H35N5O4. The fraction of sp³-hybridized carbons (Fsp3) is 0.520. The summed E-state index contributed by atoms with van der Waals surface area (Å²) < 4.78 is 0. The summed E-state index contributed by atoms with van der Waals surface area (Å²) in [6.45, 7) is 10.9. The summed E-state index contributed by atoms with van der Waals surface area (Å²) >= 11 is 0. The third-order valence-electron chi connectivity index (χ3n) is 5.64.